The van der Waals surface area contributed by atoms with Crippen LogP contribution in [-0.2, 0) is 9.47 Å². The second-order valence-corrected chi connectivity index (χ2v) is 6.79. The summed E-state index contributed by atoms with van der Waals surface area (Å²) >= 11 is 10.4. The maximum absolute atomic E-state index is 5.88. The quantitative estimate of drug-likeness (QED) is 0.558. The van der Waals surface area contributed by atoms with Crippen molar-refractivity contribution in [2.24, 2.45) is 10.8 Å². The van der Waals surface area contributed by atoms with Crippen LogP contribution in [0.3, 0.4) is 0 Å². The van der Waals surface area contributed by atoms with E-state index in [1.165, 1.54) is 0 Å². The van der Waals surface area contributed by atoms with Gasteiger partial charge in [-0.1, -0.05) is 12.1 Å². The van der Waals surface area contributed by atoms with Crippen molar-refractivity contribution >= 4 is 35.3 Å². The maximum atomic E-state index is 5.88. The lowest BCUT2D eigenvalue weighted by Gasteiger charge is -2.27. The minimum Gasteiger partial charge on any atom is -0.494 e. The molecule has 0 radical (unpaired) electrons. The van der Waals surface area contributed by atoms with E-state index in [-0.39, 0.29) is 17.3 Å². The van der Waals surface area contributed by atoms with Gasteiger partial charge in [0.1, 0.15) is 17.5 Å². The molecule has 3 heterocycles. The number of fused-ring (bicyclic) bond motifs is 2. The van der Waals surface area contributed by atoms with Gasteiger partial charge in [-0.25, -0.2) is 4.68 Å². The topological polar surface area (TPSA) is 114 Å². The molecule has 2 fully saturated rings. The zero-order valence-electron chi connectivity index (χ0n) is 14.3. The van der Waals surface area contributed by atoms with Crippen LogP contribution in [0.25, 0.3) is 5.69 Å². The molecule has 0 spiro atoms. The van der Waals surface area contributed by atoms with E-state index in [2.05, 4.69) is 21.0 Å². The molecule has 1 aromatic heterocycles. The van der Waals surface area contributed by atoms with E-state index in [1.807, 2.05) is 24.3 Å². The molecular weight excluding hydrogens is 390 g/mol. The molecule has 3 N–H and O–H groups in total. The zero-order valence-corrected chi connectivity index (χ0v) is 15.9. The Morgan fingerprint density at radius 1 is 1.41 bits per heavy atom. The van der Waals surface area contributed by atoms with Gasteiger partial charge in [0.25, 0.3) is 0 Å². The van der Waals surface area contributed by atoms with Gasteiger partial charge in [0, 0.05) is 6.42 Å². The summed E-state index contributed by atoms with van der Waals surface area (Å²) in [7, 11) is 1.59. The number of hydrogen-bond donors (Lipinski definition) is 2. The first-order valence-electron chi connectivity index (χ1n) is 8.15. The molecule has 142 valence electrons. The number of nitrogens with two attached hydrogens (primary N) is 1. The number of methoxy groups -OCH3 is 1. The molecule has 10 nitrogen and oxygen atoms in total. The Morgan fingerprint density at radius 3 is 3.00 bits per heavy atom. The van der Waals surface area contributed by atoms with Gasteiger partial charge in [-0.15, -0.1) is 0 Å². The van der Waals surface area contributed by atoms with Crippen LogP contribution in [0.2, 0.25) is 0 Å². The highest BCUT2D eigenvalue weighted by atomic mass is 32.1. The fourth-order valence-corrected chi connectivity index (χ4v) is 3.48. The summed E-state index contributed by atoms with van der Waals surface area (Å²) in [6.45, 7) is 0.407. The lowest BCUT2D eigenvalue weighted by Crippen LogP contribution is -2.39. The van der Waals surface area contributed by atoms with Crippen LogP contribution >= 0.6 is 24.4 Å². The molecule has 1 aromatic carbocycles. The lowest BCUT2D eigenvalue weighted by molar-refractivity contribution is -0.0324. The first-order valence-corrected chi connectivity index (χ1v) is 8.97. The third kappa shape index (κ3) is 3.32. The average molecular weight is 407 g/mol. The van der Waals surface area contributed by atoms with Crippen molar-refractivity contribution in [2.75, 3.05) is 13.7 Å². The third-order valence-corrected chi connectivity index (χ3v) is 4.82. The standard InChI is InChI=1S/C15H17N7O3S2/c1-23-11-5-3-2-4-9(11)21-15(27)22(20-19-21)10-6-8(17-18-14(16)26)13-24-7-12(10)25-13/h2-5,10,12-13H,6-7H2,1H3,(H3,16,18,26)/b17-8-/t10-,12+,13+/m0/s1. The molecule has 0 unspecified atom stereocenters. The van der Waals surface area contributed by atoms with Crippen LogP contribution in [0.4, 0.5) is 0 Å². The van der Waals surface area contributed by atoms with Gasteiger partial charge in [0.2, 0.25) is 4.77 Å². The minimum absolute atomic E-state index is 0.0675. The number of nitrogens with zero attached hydrogens (tertiary/aromatic N) is 5. The van der Waals surface area contributed by atoms with Gasteiger partial charge in [0.15, 0.2) is 11.4 Å². The summed E-state index contributed by atoms with van der Waals surface area (Å²) in [6.07, 6.45) is -0.205. The molecule has 12 heteroatoms. The smallest absolute Gasteiger partial charge is 0.221 e. The first kappa shape index (κ1) is 18.0. The van der Waals surface area contributed by atoms with Gasteiger partial charge < -0.3 is 19.9 Å². The van der Waals surface area contributed by atoms with Crippen LogP contribution in [0.15, 0.2) is 29.4 Å². The van der Waals surface area contributed by atoms with Gasteiger partial charge >= 0.3 is 0 Å². The summed E-state index contributed by atoms with van der Waals surface area (Å²) in [4.78, 5) is 0. The Bertz CT molecular complexity index is 957. The summed E-state index contributed by atoms with van der Waals surface area (Å²) in [5, 5.41) is 12.7. The van der Waals surface area contributed by atoms with E-state index in [0.717, 1.165) is 0 Å². The lowest BCUT2D eigenvalue weighted by atomic mass is 10.0. The number of aromatic nitrogens is 4. The van der Waals surface area contributed by atoms with Crippen molar-refractivity contribution in [3.05, 3.63) is 29.0 Å². The predicted octanol–water partition coefficient (Wildman–Crippen LogP) is 0.682. The van der Waals surface area contributed by atoms with Crippen LogP contribution in [-0.4, -0.2) is 56.7 Å². The van der Waals surface area contributed by atoms with Crippen molar-refractivity contribution in [1.82, 2.24) is 25.2 Å². The molecule has 2 aliphatic heterocycles. The molecule has 27 heavy (non-hydrogen) atoms. The van der Waals surface area contributed by atoms with Crippen molar-refractivity contribution < 1.29 is 14.2 Å². The van der Waals surface area contributed by atoms with Crippen LogP contribution in [0, 0.1) is 4.77 Å². The Kier molecular flexibility index (Phi) is 4.86. The van der Waals surface area contributed by atoms with E-state index in [0.29, 0.717) is 34.9 Å². The number of para-hydroxylation sites is 2. The first-order chi connectivity index (χ1) is 13.1. The molecule has 3 atom stereocenters. The van der Waals surface area contributed by atoms with Gasteiger partial charge in [0.05, 0.1) is 25.5 Å². The number of hydrazone groups is 1. The number of tetrazole rings is 1. The van der Waals surface area contributed by atoms with Crippen LogP contribution < -0.4 is 15.9 Å². The normalized spacial score (nSPS) is 25.5. The second-order valence-electron chi connectivity index (χ2n) is 5.98. The number of hydrogen-bond acceptors (Lipinski definition) is 8. The van der Waals surface area contributed by atoms with Gasteiger partial charge in [-0.05, 0) is 47.0 Å². The van der Waals surface area contributed by atoms with Crippen molar-refractivity contribution in [2.45, 2.75) is 24.9 Å². The number of benzene rings is 1. The highest BCUT2D eigenvalue weighted by molar-refractivity contribution is 7.80. The van der Waals surface area contributed by atoms with E-state index >= 15 is 0 Å². The minimum atomic E-state index is -0.522. The number of rotatable bonds is 4. The van der Waals surface area contributed by atoms with Crippen molar-refractivity contribution in [3.63, 3.8) is 0 Å². The third-order valence-electron chi connectivity index (χ3n) is 4.37. The summed E-state index contributed by atoms with van der Waals surface area (Å²) < 4.78 is 20.5. The van der Waals surface area contributed by atoms with E-state index in [9.17, 15) is 0 Å². The highest BCUT2D eigenvalue weighted by Crippen LogP contribution is 2.33. The Labute approximate surface area is 164 Å². The van der Waals surface area contributed by atoms with E-state index < -0.39 is 6.29 Å². The highest BCUT2D eigenvalue weighted by Gasteiger charge is 2.44. The second kappa shape index (κ2) is 7.31. The Balaban J connectivity index is 1.68. The summed E-state index contributed by atoms with van der Waals surface area (Å²) in [5.74, 6) is 0.646. The largest absolute Gasteiger partial charge is 0.494 e. The number of thiocarbonyl (C=S) groups is 1. The molecule has 0 saturated carbocycles. The molecule has 2 aliphatic rings. The van der Waals surface area contributed by atoms with Crippen molar-refractivity contribution in [3.8, 4) is 11.4 Å². The molecule has 2 aromatic rings. The number of nitrogens with one attached hydrogen (secondary N) is 1. The molecule has 0 amide bonds. The summed E-state index contributed by atoms with van der Waals surface area (Å²) in [6, 6.07) is 7.23. The fraction of sp³-hybridized carbons (Fsp3) is 0.400. The predicted molar refractivity (Wildman–Crippen MR) is 102 cm³/mol. The van der Waals surface area contributed by atoms with Crippen LogP contribution in [0.1, 0.15) is 12.5 Å². The molecule has 4 rings (SSSR count). The maximum Gasteiger partial charge on any atom is 0.221 e. The van der Waals surface area contributed by atoms with Gasteiger partial charge in [-0.2, -0.15) is 9.78 Å². The van der Waals surface area contributed by atoms with Gasteiger partial charge in [-0.3, -0.25) is 5.43 Å². The van der Waals surface area contributed by atoms with E-state index in [1.54, 1.807) is 16.5 Å². The molecule has 2 saturated heterocycles. The van der Waals surface area contributed by atoms with Crippen molar-refractivity contribution in [1.29, 1.82) is 0 Å². The molecular formula is C15H17N7O3S2. The van der Waals surface area contributed by atoms with Crippen LogP contribution in [0.5, 0.6) is 5.75 Å². The van der Waals surface area contributed by atoms with E-state index in [4.69, 9.17) is 44.4 Å². The fourth-order valence-electron chi connectivity index (χ4n) is 3.13. The zero-order chi connectivity index (χ0) is 19.0. The summed E-state index contributed by atoms with van der Waals surface area (Å²) in [5.41, 5.74) is 9.36. The average Bonchev–Trinajstić information content (AvgIpc) is 3.26. The SMILES string of the molecule is COc1ccccc1-n1nnn([C@H]2C/C(=N/NC(N)=S)[C@@H]3OC[C@H]2O3)c1=S. The monoisotopic (exact) mass is 407 g/mol. The molecule has 2 bridgehead atoms. The Morgan fingerprint density at radius 2 is 2.22 bits per heavy atom. The number of ether oxygens (including phenoxy) is 3. The molecule has 0 aliphatic carbocycles. The Hall–Kier alpha value is -2.41.